The first kappa shape index (κ1) is 19.8. The molecule has 2 aromatic rings. The van der Waals surface area contributed by atoms with Crippen molar-refractivity contribution in [2.75, 3.05) is 25.5 Å². The molecular weight excluding hydrogens is 365 g/mol. The smallest absolute Gasteiger partial charge is 0.377 e. The fraction of sp³-hybridized carbons (Fsp3) is 0.222. The molecule has 0 fully saturated rings. The Morgan fingerprint density at radius 2 is 1.65 bits per heavy atom. The molecule has 0 saturated heterocycles. The zero-order chi connectivity index (χ0) is 19.4. The number of hydrogen-bond donors (Lipinski definition) is 1. The van der Waals surface area contributed by atoms with E-state index in [2.05, 4.69) is 16.6 Å². The van der Waals surface area contributed by atoms with E-state index in [-0.39, 0.29) is 11.4 Å². The van der Waals surface area contributed by atoms with Gasteiger partial charge in [-0.2, -0.15) is 17.9 Å². The van der Waals surface area contributed by atoms with E-state index in [4.69, 9.17) is 0 Å². The molecule has 4 nitrogen and oxygen atoms in total. The van der Waals surface area contributed by atoms with E-state index in [1.165, 1.54) is 0 Å². The van der Waals surface area contributed by atoms with Crippen molar-refractivity contribution in [1.29, 1.82) is 0 Å². The highest BCUT2D eigenvalue weighted by Gasteiger charge is 2.30. The molecule has 26 heavy (non-hydrogen) atoms. The summed E-state index contributed by atoms with van der Waals surface area (Å²) in [5.41, 5.74) is 0.730. The van der Waals surface area contributed by atoms with Gasteiger partial charge < -0.3 is 4.90 Å². The van der Waals surface area contributed by atoms with E-state index in [9.17, 15) is 21.6 Å². The molecule has 0 spiro atoms. The zero-order valence-electron chi connectivity index (χ0n) is 14.1. The molecule has 0 amide bonds. The molecular formula is C18H17F3N2O2S. The molecule has 0 unspecified atom stereocenters. The fourth-order valence-electron chi connectivity index (χ4n) is 2.15. The van der Waals surface area contributed by atoms with Crippen LogP contribution in [0.4, 0.5) is 18.9 Å². The number of nitrogens with one attached hydrogen (secondary N) is 1. The molecule has 0 bridgehead atoms. The summed E-state index contributed by atoms with van der Waals surface area (Å²) in [6.07, 6.45) is -4.51. The first-order valence-electron chi connectivity index (χ1n) is 7.53. The predicted octanol–water partition coefficient (Wildman–Crippen LogP) is 3.10. The van der Waals surface area contributed by atoms with Gasteiger partial charge in [0.25, 0.3) is 0 Å². The van der Waals surface area contributed by atoms with Gasteiger partial charge in [0.1, 0.15) is 0 Å². The summed E-state index contributed by atoms with van der Waals surface area (Å²) in [6, 6.07) is 10.7. The summed E-state index contributed by atoms with van der Waals surface area (Å²) >= 11 is 0. The summed E-state index contributed by atoms with van der Waals surface area (Å²) in [6.45, 7) is -0.162. The summed E-state index contributed by atoms with van der Waals surface area (Å²) in [4.78, 5) is 1.64. The van der Waals surface area contributed by atoms with Crippen LogP contribution in [-0.4, -0.2) is 29.1 Å². The van der Waals surface area contributed by atoms with E-state index >= 15 is 0 Å². The van der Waals surface area contributed by atoms with Crippen LogP contribution in [-0.2, 0) is 16.2 Å². The Morgan fingerprint density at radius 1 is 1.04 bits per heavy atom. The standard InChI is InChI=1S/C18H17F3N2O2S/c1-23(2)17-8-4-3-6-14(17)7-5-13-22-26(24,25)16-11-9-15(10-12-16)18(19,20)21/h3-4,6,8-12,22H,13H2,1-2H3. The lowest BCUT2D eigenvalue weighted by atomic mass is 10.1. The van der Waals surface area contributed by atoms with Gasteiger partial charge in [-0.25, -0.2) is 8.42 Å². The lowest BCUT2D eigenvalue weighted by Crippen LogP contribution is -2.24. The molecule has 0 heterocycles. The fourth-order valence-corrected chi connectivity index (χ4v) is 3.07. The quantitative estimate of drug-likeness (QED) is 0.827. The van der Waals surface area contributed by atoms with Gasteiger partial charge in [0, 0.05) is 19.7 Å². The second kappa shape index (κ2) is 7.81. The molecule has 0 aliphatic rings. The highest BCUT2D eigenvalue weighted by atomic mass is 32.2. The molecule has 0 saturated carbocycles. The first-order valence-corrected chi connectivity index (χ1v) is 9.02. The lowest BCUT2D eigenvalue weighted by Gasteiger charge is -2.13. The van der Waals surface area contributed by atoms with Crippen molar-refractivity contribution < 1.29 is 21.6 Å². The number of halogens is 3. The van der Waals surface area contributed by atoms with Gasteiger partial charge in [-0.05, 0) is 36.4 Å². The SMILES string of the molecule is CN(C)c1ccccc1C#CCNS(=O)(=O)c1ccc(C(F)(F)F)cc1. The van der Waals surface area contributed by atoms with E-state index in [1.807, 2.05) is 43.3 Å². The molecule has 1 N–H and O–H groups in total. The number of rotatable bonds is 4. The van der Waals surface area contributed by atoms with Crippen LogP contribution in [0, 0.1) is 11.8 Å². The number of anilines is 1. The monoisotopic (exact) mass is 382 g/mol. The number of hydrogen-bond acceptors (Lipinski definition) is 3. The Labute approximate surface area is 150 Å². The van der Waals surface area contributed by atoms with E-state index in [0.717, 1.165) is 35.5 Å². The Balaban J connectivity index is 2.08. The molecule has 138 valence electrons. The van der Waals surface area contributed by atoms with Crippen LogP contribution in [0.3, 0.4) is 0 Å². The molecule has 8 heteroatoms. The number of benzene rings is 2. The van der Waals surface area contributed by atoms with Crippen molar-refractivity contribution in [2.24, 2.45) is 0 Å². The number of nitrogens with zero attached hydrogens (tertiary/aromatic N) is 1. The van der Waals surface area contributed by atoms with Crippen molar-refractivity contribution in [1.82, 2.24) is 4.72 Å². The third-order valence-corrected chi connectivity index (χ3v) is 4.87. The third kappa shape index (κ3) is 5.00. The second-order valence-electron chi connectivity index (χ2n) is 5.56. The minimum atomic E-state index is -4.51. The average Bonchev–Trinajstić information content (AvgIpc) is 2.58. The van der Waals surface area contributed by atoms with Crippen LogP contribution in [0.2, 0.25) is 0 Å². The molecule has 0 radical (unpaired) electrons. The van der Waals surface area contributed by atoms with Gasteiger partial charge in [-0.1, -0.05) is 24.0 Å². The molecule has 0 atom stereocenters. The Hall–Kier alpha value is -2.50. The van der Waals surface area contributed by atoms with Gasteiger partial charge >= 0.3 is 6.18 Å². The highest BCUT2D eigenvalue weighted by molar-refractivity contribution is 7.89. The number of sulfonamides is 1. The topological polar surface area (TPSA) is 49.4 Å². The molecule has 0 aromatic heterocycles. The lowest BCUT2D eigenvalue weighted by molar-refractivity contribution is -0.137. The van der Waals surface area contributed by atoms with Crippen LogP contribution in [0.5, 0.6) is 0 Å². The Morgan fingerprint density at radius 3 is 2.23 bits per heavy atom. The van der Waals surface area contributed by atoms with E-state index in [1.54, 1.807) is 0 Å². The van der Waals surface area contributed by atoms with Crippen LogP contribution >= 0.6 is 0 Å². The zero-order valence-corrected chi connectivity index (χ0v) is 14.9. The maximum absolute atomic E-state index is 12.5. The van der Waals surface area contributed by atoms with Gasteiger partial charge in [0.2, 0.25) is 10.0 Å². The number of alkyl halides is 3. The van der Waals surface area contributed by atoms with Crippen molar-refractivity contribution >= 4 is 15.7 Å². The maximum Gasteiger partial charge on any atom is 0.416 e. The van der Waals surface area contributed by atoms with Crippen molar-refractivity contribution in [3.8, 4) is 11.8 Å². The summed E-state index contributed by atoms with van der Waals surface area (Å²) in [5, 5.41) is 0. The van der Waals surface area contributed by atoms with Gasteiger partial charge in [0.05, 0.1) is 22.7 Å². The van der Waals surface area contributed by atoms with E-state index < -0.39 is 21.8 Å². The summed E-state index contributed by atoms with van der Waals surface area (Å²) in [7, 11) is -0.196. The van der Waals surface area contributed by atoms with Gasteiger partial charge in [0.15, 0.2) is 0 Å². The van der Waals surface area contributed by atoms with Gasteiger partial charge in [-0.3, -0.25) is 0 Å². The van der Waals surface area contributed by atoms with Crippen LogP contribution < -0.4 is 9.62 Å². The molecule has 2 aromatic carbocycles. The van der Waals surface area contributed by atoms with Crippen LogP contribution in [0.25, 0.3) is 0 Å². The van der Waals surface area contributed by atoms with Gasteiger partial charge in [-0.15, -0.1) is 0 Å². The Kier molecular flexibility index (Phi) is 5.95. The average molecular weight is 382 g/mol. The Bertz CT molecular complexity index is 925. The highest BCUT2D eigenvalue weighted by Crippen LogP contribution is 2.29. The first-order chi connectivity index (χ1) is 12.1. The summed E-state index contributed by atoms with van der Waals surface area (Å²) < 4.78 is 64.1. The second-order valence-corrected chi connectivity index (χ2v) is 7.33. The normalized spacial score (nSPS) is 11.6. The predicted molar refractivity (Wildman–Crippen MR) is 94.3 cm³/mol. The summed E-state index contributed by atoms with van der Waals surface area (Å²) in [5.74, 6) is 5.59. The maximum atomic E-state index is 12.5. The van der Waals surface area contributed by atoms with Crippen molar-refractivity contribution in [3.05, 3.63) is 59.7 Å². The minimum Gasteiger partial charge on any atom is -0.377 e. The third-order valence-electron chi connectivity index (χ3n) is 3.45. The van der Waals surface area contributed by atoms with Crippen molar-refractivity contribution in [2.45, 2.75) is 11.1 Å². The van der Waals surface area contributed by atoms with E-state index in [0.29, 0.717) is 0 Å². The molecule has 0 aliphatic carbocycles. The largest absolute Gasteiger partial charge is 0.416 e. The van der Waals surface area contributed by atoms with Crippen molar-refractivity contribution in [3.63, 3.8) is 0 Å². The number of para-hydroxylation sites is 1. The molecule has 0 aliphatic heterocycles. The molecule has 2 rings (SSSR count). The van der Waals surface area contributed by atoms with Crippen LogP contribution in [0.15, 0.2) is 53.4 Å². The minimum absolute atomic E-state index is 0.162. The van der Waals surface area contributed by atoms with Crippen LogP contribution in [0.1, 0.15) is 11.1 Å².